The minimum atomic E-state index is -1.24. The molecule has 0 radical (unpaired) electrons. The highest BCUT2D eigenvalue weighted by atomic mass is 35.5. The smallest absolute Gasteiger partial charge is 0.228 e. The Morgan fingerprint density at radius 3 is 2.76 bits per heavy atom. The van der Waals surface area contributed by atoms with Crippen molar-refractivity contribution in [2.45, 2.75) is 39.0 Å². The molecule has 3 aromatic rings. The molecule has 1 fully saturated rings. The van der Waals surface area contributed by atoms with Crippen LogP contribution in [-0.4, -0.2) is 56.5 Å². The van der Waals surface area contributed by atoms with Gasteiger partial charge in [0, 0.05) is 13.6 Å². The predicted octanol–water partition coefficient (Wildman–Crippen LogP) is 2.64. The molecule has 174 valence electrons. The van der Waals surface area contributed by atoms with Crippen LogP contribution >= 0.6 is 22.9 Å². The number of nitrogens with one attached hydrogen (secondary N) is 2. The Morgan fingerprint density at radius 2 is 2.12 bits per heavy atom. The second-order valence-corrected chi connectivity index (χ2v) is 10.1. The summed E-state index contributed by atoms with van der Waals surface area (Å²) in [4.78, 5) is 22.7. The predicted molar refractivity (Wildman–Crippen MR) is 129 cm³/mol. The summed E-state index contributed by atoms with van der Waals surface area (Å²) < 4.78 is 2.41. The lowest BCUT2D eigenvalue weighted by atomic mass is 9.77. The molecule has 0 saturated heterocycles. The van der Waals surface area contributed by atoms with Gasteiger partial charge in [0.1, 0.15) is 17.3 Å². The molecule has 1 unspecified atom stereocenters. The fraction of sp³-hybridized carbons (Fsp3) is 0.435. The van der Waals surface area contributed by atoms with E-state index in [1.165, 1.54) is 18.4 Å². The molecule has 33 heavy (non-hydrogen) atoms. The number of aliphatic hydroxyl groups excluding tert-OH is 2. The van der Waals surface area contributed by atoms with Gasteiger partial charge in [0.25, 0.3) is 0 Å². The van der Waals surface area contributed by atoms with Gasteiger partial charge in [-0.15, -0.1) is 11.3 Å². The van der Waals surface area contributed by atoms with Gasteiger partial charge in [-0.3, -0.25) is 4.79 Å². The van der Waals surface area contributed by atoms with Gasteiger partial charge in [0.15, 0.2) is 5.65 Å². The lowest BCUT2D eigenvalue weighted by Gasteiger charge is -2.31. The molecule has 1 saturated carbocycles. The molecule has 1 aliphatic rings. The third-order valence-corrected chi connectivity index (χ3v) is 7.71. The van der Waals surface area contributed by atoms with Gasteiger partial charge in [0.05, 0.1) is 38.8 Å². The Kier molecular flexibility index (Phi) is 6.38. The number of imidazole rings is 1. The molecule has 3 heterocycles. The number of carbonyl (C=O) groups is 1. The van der Waals surface area contributed by atoms with Crippen molar-refractivity contribution in [1.82, 2.24) is 19.9 Å². The van der Waals surface area contributed by atoms with Crippen molar-refractivity contribution in [2.24, 2.45) is 11.3 Å². The average molecular weight is 488 g/mol. The van der Waals surface area contributed by atoms with E-state index >= 15 is 0 Å². The molecule has 0 bridgehead atoms. The van der Waals surface area contributed by atoms with Crippen LogP contribution in [0, 0.1) is 23.2 Å². The van der Waals surface area contributed by atoms with E-state index in [0.717, 1.165) is 10.6 Å². The maximum Gasteiger partial charge on any atom is 0.228 e. The van der Waals surface area contributed by atoms with Gasteiger partial charge in [0.2, 0.25) is 5.91 Å². The van der Waals surface area contributed by atoms with E-state index in [1.807, 2.05) is 26.0 Å². The zero-order valence-corrected chi connectivity index (χ0v) is 20.3. The van der Waals surface area contributed by atoms with E-state index in [2.05, 4.69) is 27.5 Å². The standard InChI is InChI=1S/C23H26ClN5O3S/c1-5-26-15-10-13(6-7-14-8-9-16(24)33-14)28-21-17(15)27-11-29(21)18-12(2)23(3,22(32)25-4)20(31)19(18)30/h8-12,18-20,30-31H,5H2,1-4H3,(H,25,32)(H,26,28)/t12-,18-,19+,20+,23?/m1/s1. The molecule has 4 N–H and O–H groups in total. The molecule has 8 nitrogen and oxygen atoms in total. The van der Waals surface area contributed by atoms with Gasteiger partial charge in [-0.1, -0.05) is 18.5 Å². The first-order chi connectivity index (χ1) is 15.7. The van der Waals surface area contributed by atoms with Crippen LogP contribution in [0.4, 0.5) is 5.69 Å². The summed E-state index contributed by atoms with van der Waals surface area (Å²) in [6, 6.07) is 4.88. The van der Waals surface area contributed by atoms with Crippen LogP contribution in [-0.2, 0) is 4.79 Å². The van der Waals surface area contributed by atoms with Crippen LogP contribution in [0.3, 0.4) is 0 Å². The minimum absolute atomic E-state index is 0.323. The van der Waals surface area contributed by atoms with Gasteiger partial charge in [-0.25, -0.2) is 9.97 Å². The van der Waals surface area contributed by atoms with Crippen molar-refractivity contribution in [3.05, 3.63) is 39.4 Å². The summed E-state index contributed by atoms with van der Waals surface area (Å²) in [5.41, 5.74) is 1.27. The fourth-order valence-corrected chi connectivity index (χ4v) is 5.50. The molecule has 1 amide bonds. The quantitative estimate of drug-likeness (QED) is 0.421. The number of hydrogen-bond acceptors (Lipinski definition) is 7. The summed E-state index contributed by atoms with van der Waals surface area (Å²) in [5.74, 6) is 5.44. The average Bonchev–Trinajstić information content (AvgIpc) is 3.46. The molecular weight excluding hydrogens is 462 g/mol. The van der Waals surface area contributed by atoms with Crippen LogP contribution in [0.5, 0.6) is 0 Å². The first-order valence-corrected chi connectivity index (χ1v) is 11.9. The number of nitrogens with zero attached hydrogens (tertiary/aromatic N) is 3. The highest BCUT2D eigenvalue weighted by Crippen LogP contribution is 2.50. The van der Waals surface area contributed by atoms with E-state index in [9.17, 15) is 15.0 Å². The van der Waals surface area contributed by atoms with Crippen molar-refractivity contribution in [2.75, 3.05) is 18.9 Å². The third-order valence-electron chi connectivity index (χ3n) is 6.57. The number of fused-ring (bicyclic) bond motifs is 1. The number of hydrogen-bond donors (Lipinski definition) is 4. The highest BCUT2D eigenvalue weighted by molar-refractivity contribution is 7.16. The number of amides is 1. The third kappa shape index (κ3) is 3.87. The van der Waals surface area contributed by atoms with Crippen LogP contribution < -0.4 is 10.6 Å². The monoisotopic (exact) mass is 487 g/mol. The number of thiophene rings is 1. The second kappa shape index (κ2) is 8.95. The van der Waals surface area contributed by atoms with Gasteiger partial charge in [-0.2, -0.15) is 0 Å². The molecule has 1 aliphatic carbocycles. The molecule has 10 heteroatoms. The normalized spacial score (nSPS) is 26.8. The summed E-state index contributed by atoms with van der Waals surface area (Å²) in [7, 11) is 1.52. The number of pyridine rings is 1. The van der Waals surface area contributed by atoms with Crippen molar-refractivity contribution in [1.29, 1.82) is 0 Å². The number of carbonyl (C=O) groups excluding carboxylic acids is 1. The summed E-state index contributed by atoms with van der Waals surface area (Å²) >= 11 is 7.39. The number of aromatic nitrogens is 3. The lowest BCUT2D eigenvalue weighted by Crippen LogP contribution is -2.47. The lowest BCUT2D eigenvalue weighted by molar-refractivity contribution is -0.139. The van der Waals surface area contributed by atoms with Gasteiger partial charge in [-0.05, 0) is 49.8 Å². The van der Waals surface area contributed by atoms with Gasteiger partial charge < -0.3 is 25.4 Å². The minimum Gasteiger partial charge on any atom is -0.389 e. The van der Waals surface area contributed by atoms with E-state index in [4.69, 9.17) is 16.6 Å². The van der Waals surface area contributed by atoms with Crippen LogP contribution in [0.2, 0.25) is 4.34 Å². The summed E-state index contributed by atoms with van der Waals surface area (Å²) in [5, 5.41) is 27.7. The van der Waals surface area contributed by atoms with Crippen molar-refractivity contribution in [3.63, 3.8) is 0 Å². The van der Waals surface area contributed by atoms with E-state index in [1.54, 1.807) is 23.9 Å². The van der Waals surface area contributed by atoms with E-state index < -0.39 is 29.6 Å². The first kappa shape index (κ1) is 23.5. The second-order valence-electron chi connectivity index (χ2n) is 8.34. The number of aliphatic hydroxyl groups is 2. The molecular formula is C23H26ClN5O3S. The highest BCUT2D eigenvalue weighted by Gasteiger charge is 2.59. The Balaban J connectivity index is 1.83. The molecule has 5 atom stereocenters. The van der Waals surface area contributed by atoms with Crippen LogP contribution in [0.15, 0.2) is 24.5 Å². The number of halogens is 1. The largest absolute Gasteiger partial charge is 0.389 e. The molecule has 0 aromatic carbocycles. The van der Waals surface area contributed by atoms with E-state index in [0.29, 0.717) is 27.7 Å². The number of anilines is 1. The van der Waals surface area contributed by atoms with Crippen molar-refractivity contribution < 1.29 is 15.0 Å². The van der Waals surface area contributed by atoms with Crippen LogP contribution in [0.1, 0.15) is 37.4 Å². The Bertz CT molecular complexity index is 1260. The summed E-state index contributed by atoms with van der Waals surface area (Å²) in [6.45, 7) is 6.18. The zero-order chi connectivity index (χ0) is 23.9. The Morgan fingerprint density at radius 1 is 1.36 bits per heavy atom. The first-order valence-electron chi connectivity index (χ1n) is 10.7. The maximum atomic E-state index is 12.6. The van der Waals surface area contributed by atoms with Crippen molar-refractivity contribution >= 4 is 45.7 Å². The SMILES string of the molecule is CCNc1cc(C#Cc2ccc(Cl)s2)nc2c1ncn2[C@H]1[C@H](O)[C@H](O)C(C)(C(=O)NC)[C@@H]1C. The number of rotatable bonds is 4. The molecule has 3 aromatic heterocycles. The molecule has 0 aliphatic heterocycles. The topological polar surface area (TPSA) is 112 Å². The fourth-order valence-electron chi connectivity index (χ4n) is 4.60. The van der Waals surface area contributed by atoms with Crippen molar-refractivity contribution in [3.8, 4) is 11.8 Å². The molecule has 4 rings (SSSR count). The van der Waals surface area contributed by atoms with E-state index in [-0.39, 0.29) is 5.91 Å². The van der Waals surface area contributed by atoms with Crippen LogP contribution in [0.25, 0.3) is 11.2 Å². The summed E-state index contributed by atoms with van der Waals surface area (Å²) in [6.07, 6.45) is -0.816. The zero-order valence-electron chi connectivity index (χ0n) is 18.8. The Hall–Kier alpha value is -2.64. The maximum absolute atomic E-state index is 12.6. The Labute approximate surface area is 201 Å². The van der Waals surface area contributed by atoms with Gasteiger partial charge >= 0.3 is 0 Å². The molecule has 0 spiro atoms.